The molecule has 0 amide bonds. The maximum atomic E-state index is 13.2. The molecule has 1 aliphatic heterocycles. The van der Waals surface area contributed by atoms with Crippen molar-refractivity contribution >= 4 is 15.5 Å². The average molecular weight is 215 g/mol. The highest BCUT2D eigenvalue weighted by Gasteiger charge is 2.24. The first-order valence-electron chi connectivity index (χ1n) is 4.27. The first-order valence-corrected chi connectivity index (χ1v) is 5.93. The highest BCUT2D eigenvalue weighted by molar-refractivity contribution is 7.91. The van der Waals surface area contributed by atoms with Crippen molar-refractivity contribution < 1.29 is 12.8 Å². The second-order valence-electron chi connectivity index (χ2n) is 3.34. The summed E-state index contributed by atoms with van der Waals surface area (Å²) in [5, 5.41) is 2.94. The molecule has 0 aromatic heterocycles. The van der Waals surface area contributed by atoms with Gasteiger partial charge in [-0.2, -0.15) is 0 Å². The third-order valence-corrected chi connectivity index (χ3v) is 4.03. The highest BCUT2D eigenvalue weighted by Crippen LogP contribution is 2.28. The summed E-state index contributed by atoms with van der Waals surface area (Å²) >= 11 is 0. The zero-order valence-corrected chi connectivity index (χ0v) is 8.49. The van der Waals surface area contributed by atoms with E-state index in [-0.39, 0.29) is 10.6 Å². The maximum Gasteiger partial charge on any atom is 0.182 e. The fraction of sp³-hybridized carbons (Fsp3) is 0.333. The molecule has 0 spiro atoms. The maximum absolute atomic E-state index is 13.2. The Kier molecular flexibility index (Phi) is 1.99. The number of sulfone groups is 1. The van der Waals surface area contributed by atoms with Crippen LogP contribution in [0.3, 0.4) is 0 Å². The minimum atomic E-state index is -3.28. The van der Waals surface area contributed by atoms with Gasteiger partial charge >= 0.3 is 0 Å². The van der Waals surface area contributed by atoms with Crippen molar-refractivity contribution in [1.82, 2.24) is 0 Å². The van der Waals surface area contributed by atoms with Gasteiger partial charge in [-0.15, -0.1) is 0 Å². The highest BCUT2D eigenvalue weighted by atomic mass is 32.2. The van der Waals surface area contributed by atoms with Gasteiger partial charge in [0.05, 0.1) is 16.3 Å². The van der Waals surface area contributed by atoms with Crippen LogP contribution in [0.15, 0.2) is 17.0 Å². The van der Waals surface area contributed by atoms with Crippen molar-refractivity contribution in [2.45, 2.75) is 11.8 Å². The number of aryl methyl sites for hydroxylation is 1. The van der Waals surface area contributed by atoms with Crippen LogP contribution in [-0.2, 0) is 9.84 Å². The largest absolute Gasteiger partial charge is 0.383 e. The van der Waals surface area contributed by atoms with Gasteiger partial charge in [-0.3, -0.25) is 0 Å². The summed E-state index contributed by atoms with van der Waals surface area (Å²) in [6.45, 7) is 2.00. The molecular weight excluding hydrogens is 205 g/mol. The number of fused-ring (bicyclic) bond motifs is 1. The van der Waals surface area contributed by atoms with Gasteiger partial charge in [0.25, 0.3) is 0 Å². The van der Waals surface area contributed by atoms with E-state index in [9.17, 15) is 12.8 Å². The monoisotopic (exact) mass is 215 g/mol. The topological polar surface area (TPSA) is 46.2 Å². The molecule has 0 saturated carbocycles. The summed E-state index contributed by atoms with van der Waals surface area (Å²) < 4.78 is 36.2. The van der Waals surface area contributed by atoms with E-state index in [1.165, 1.54) is 6.07 Å². The van der Waals surface area contributed by atoms with E-state index in [1.54, 1.807) is 6.92 Å². The van der Waals surface area contributed by atoms with Gasteiger partial charge in [-0.05, 0) is 24.6 Å². The van der Waals surface area contributed by atoms with E-state index in [2.05, 4.69) is 5.32 Å². The molecule has 0 atom stereocenters. The van der Waals surface area contributed by atoms with Gasteiger partial charge in [0, 0.05) is 6.54 Å². The lowest BCUT2D eigenvalue weighted by Crippen LogP contribution is -2.23. The fourth-order valence-corrected chi connectivity index (χ4v) is 2.83. The first-order chi connectivity index (χ1) is 6.50. The Morgan fingerprint density at radius 2 is 2.14 bits per heavy atom. The predicted octanol–water partition coefficient (Wildman–Crippen LogP) is 1.33. The van der Waals surface area contributed by atoms with Gasteiger partial charge in [-0.1, -0.05) is 0 Å². The third-order valence-electron chi connectivity index (χ3n) is 2.28. The smallest absolute Gasteiger partial charge is 0.182 e. The van der Waals surface area contributed by atoms with Gasteiger partial charge in [0.2, 0.25) is 0 Å². The van der Waals surface area contributed by atoms with E-state index in [0.717, 1.165) is 6.07 Å². The van der Waals surface area contributed by atoms with E-state index >= 15 is 0 Å². The molecule has 3 nitrogen and oxygen atoms in total. The molecule has 0 bridgehead atoms. The Morgan fingerprint density at radius 3 is 2.86 bits per heavy atom. The standard InChI is InChI=1S/C9H10FNO2S/c1-6-4-8-9(5-7(6)10)14(12,13)3-2-11-8/h4-5,11H,2-3H2,1H3. The summed E-state index contributed by atoms with van der Waals surface area (Å²) in [7, 11) is -3.28. The van der Waals surface area contributed by atoms with Crippen molar-refractivity contribution in [3.63, 3.8) is 0 Å². The zero-order valence-electron chi connectivity index (χ0n) is 7.67. The Morgan fingerprint density at radius 1 is 1.43 bits per heavy atom. The summed E-state index contributed by atoms with van der Waals surface area (Å²) in [6.07, 6.45) is 0. The number of benzene rings is 1. The lowest BCUT2D eigenvalue weighted by Gasteiger charge is -2.18. The Bertz CT molecular complexity index is 482. The number of rotatable bonds is 0. The van der Waals surface area contributed by atoms with Crippen LogP contribution in [0.4, 0.5) is 10.1 Å². The predicted molar refractivity (Wildman–Crippen MR) is 51.7 cm³/mol. The molecule has 1 aromatic rings. The van der Waals surface area contributed by atoms with Crippen LogP contribution < -0.4 is 5.32 Å². The number of halogens is 1. The summed E-state index contributed by atoms with van der Waals surface area (Å²) in [6, 6.07) is 2.62. The van der Waals surface area contributed by atoms with E-state index < -0.39 is 15.7 Å². The van der Waals surface area contributed by atoms with Crippen LogP contribution >= 0.6 is 0 Å². The van der Waals surface area contributed by atoms with Gasteiger partial charge in [-0.25, -0.2) is 12.8 Å². The lowest BCUT2D eigenvalue weighted by atomic mass is 10.2. The summed E-state index contributed by atoms with van der Waals surface area (Å²) in [5.41, 5.74) is 0.962. The molecule has 1 aromatic carbocycles. The Labute approximate surface area is 81.9 Å². The minimum absolute atomic E-state index is 0.0303. The molecule has 1 aliphatic rings. The summed E-state index contributed by atoms with van der Waals surface area (Å²) in [5.74, 6) is -0.446. The number of hydrogen-bond donors (Lipinski definition) is 1. The van der Waals surface area contributed by atoms with Crippen molar-refractivity contribution in [2.24, 2.45) is 0 Å². The minimum Gasteiger partial charge on any atom is -0.383 e. The van der Waals surface area contributed by atoms with Gasteiger partial charge < -0.3 is 5.32 Å². The van der Waals surface area contributed by atoms with Gasteiger partial charge in [0.1, 0.15) is 5.82 Å². The molecule has 5 heteroatoms. The molecule has 0 unspecified atom stereocenters. The van der Waals surface area contributed by atoms with Crippen LogP contribution in [0.5, 0.6) is 0 Å². The lowest BCUT2D eigenvalue weighted by molar-refractivity contribution is 0.587. The number of nitrogens with one attached hydrogen (secondary N) is 1. The molecule has 2 rings (SSSR count). The Hall–Kier alpha value is -1.10. The third kappa shape index (κ3) is 1.37. The molecule has 1 heterocycles. The second kappa shape index (κ2) is 2.95. The van der Waals surface area contributed by atoms with E-state index in [0.29, 0.717) is 17.8 Å². The normalized spacial score (nSPS) is 18.4. The number of hydrogen-bond acceptors (Lipinski definition) is 3. The molecule has 0 aliphatic carbocycles. The second-order valence-corrected chi connectivity index (χ2v) is 5.42. The van der Waals surface area contributed by atoms with E-state index in [1.807, 2.05) is 0 Å². The van der Waals surface area contributed by atoms with Crippen LogP contribution in [0.1, 0.15) is 5.56 Å². The van der Waals surface area contributed by atoms with Crippen molar-refractivity contribution in [3.8, 4) is 0 Å². The molecule has 0 radical (unpaired) electrons. The fourth-order valence-electron chi connectivity index (χ4n) is 1.49. The van der Waals surface area contributed by atoms with Gasteiger partial charge in [0.15, 0.2) is 9.84 Å². The van der Waals surface area contributed by atoms with Crippen molar-refractivity contribution in [2.75, 3.05) is 17.6 Å². The SMILES string of the molecule is Cc1cc2c(cc1F)S(=O)(=O)CCN2. The molecular formula is C9H10FNO2S. The molecule has 14 heavy (non-hydrogen) atoms. The molecule has 76 valence electrons. The zero-order chi connectivity index (χ0) is 10.3. The molecule has 0 saturated heterocycles. The van der Waals surface area contributed by atoms with Crippen LogP contribution in [0.2, 0.25) is 0 Å². The van der Waals surface area contributed by atoms with Crippen LogP contribution in [-0.4, -0.2) is 20.7 Å². The Balaban J connectivity index is 2.71. The van der Waals surface area contributed by atoms with Crippen molar-refractivity contribution in [3.05, 3.63) is 23.5 Å². The van der Waals surface area contributed by atoms with Crippen LogP contribution in [0.25, 0.3) is 0 Å². The number of anilines is 1. The molecule has 0 fully saturated rings. The van der Waals surface area contributed by atoms with Crippen molar-refractivity contribution in [1.29, 1.82) is 0 Å². The van der Waals surface area contributed by atoms with Crippen LogP contribution in [0, 0.1) is 12.7 Å². The first kappa shape index (κ1) is 9.45. The molecule has 1 N–H and O–H groups in total. The quantitative estimate of drug-likeness (QED) is 0.710. The summed E-state index contributed by atoms with van der Waals surface area (Å²) in [4.78, 5) is 0.0758. The van der Waals surface area contributed by atoms with E-state index in [4.69, 9.17) is 0 Å². The average Bonchev–Trinajstić information content (AvgIpc) is 2.08.